The Morgan fingerprint density at radius 1 is 0.317 bits per heavy atom. The van der Waals surface area contributed by atoms with Gasteiger partial charge in [0, 0.05) is 10.8 Å². The Kier molecular flexibility index (Phi) is 18.3. The maximum atomic E-state index is 15.7. The zero-order valence-corrected chi connectivity index (χ0v) is 38.4. The number of allylic oxidation sites excluding steroid dienone is 24. The quantitative estimate of drug-likeness (QED) is 0.114. The van der Waals surface area contributed by atoms with E-state index in [2.05, 4.69) is 65.8 Å². The van der Waals surface area contributed by atoms with Crippen LogP contribution < -0.4 is 0 Å². The number of aliphatic hydroxyl groups is 1. The topological polar surface area (TPSA) is 57.5 Å². The van der Waals surface area contributed by atoms with E-state index in [-0.39, 0.29) is 0 Å². The molecule has 0 aliphatic heterocycles. The van der Waals surface area contributed by atoms with Gasteiger partial charge in [-0.15, -0.1) is 0 Å². The van der Waals surface area contributed by atoms with E-state index in [1.54, 1.807) is 24.3 Å². The molecule has 1 fully saturated rings. The van der Waals surface area contributed by atoms with Crippen LogP contribution in [0.4, 0.5) is 0 Å². The highest BCUT2D eigenvalue weighted by Gasteiger charge is 2.84. The summed E-state index contributed by atoms with van der Waals surface area (Å²) < 4.78 is 0. The normalized spacial score (nSPS) is 28.8. The summed E-state index contributed by atoms with van der Waals surface area (Å²) in [7, 11) is 0. The predicted molar refractivity (Wildman–Crippen MR) is 264 cm³/mol. The molecule has 0 aromatic heterocycles. The molecule has 0 radical (unpaired) electrons. The van der Waals surface area contributed by atoms with Crippen molar-refractivity contribution in [3.8, 4) is 0 Å². The molecule has 2 N–H and O–H groups in total. The monoisotopic (exact) mass is 805 g/mol. The first-order valence-corrected chi connectivity index (χ1v) is 20.0. The van der Waals surface area contributed by atoms with Gasteiger partial charge >= 0.3 is 5.97 Å². The summed E-state index contributed by atoms with van der Waals surface area (Å²) in [6.07, 6.45) is 36.5. The van der Waals surface area contributed by atoms with Crippen molar-refractivity contribution in [1.82, 2.24) is 0 Å². The van der Waals surface area contributed by atoms with Crippen LogP contribution in [0.1, 0.15) is 69.2 Å². The Morgan fingerprint density at radius 3 is 0.667 bits per heavy atom. The summed E-state index contributed by atoms with van der Waals surface area (Å²) in [6, 6.07) is 0. The molecule has 3 nitrogen and oxygen atoms in total. The summed E-state index contributed by atoms with van der Waals surface area (Å²) in [4.78, 5) is 15.7. The molecule has 1 aliphatic rings. The van der Waals surface area contributed by atoms with E-state index < -0.39 is 38.6 Å². The third kappa shape index (κ3) is 10.5. The summed E-state index contributed by atoms with van der Waals surface area (Å²) in [5.74, 6) is -1.21. The lowest BCUT2D eigenvalue weighted by Crippen LogP contribution is -2.79. The standard InChI is InChI=1S/C57H72O3/c1-41(2)21-31-52(32-22-42(3)4)54(35-25-45(9)10,36-26-46(11)12)57(60,40-30-50(19)20)55(37-27-47(13)14,38-28-48(15)16)53(33-23-43(5)6,34-24-44(7)8)56(52,51(58)59)39-29-49(17)18/h21-40,60H,1,3,5,7,9,11,13,15,17,19H2,2,4,6,8,10,12,14,16,18,20H3,(H,58,59). The predicted octanol–water partition coefficient (Wildman–Crippen LogP) is 15.1. The van der Waals surface area contributed by atoms with Gasteiger partial charge in [0.25, 0.3) is 0 Å². The largest absolute Gasteiger partial charge is 0.481 e. The lowest BCUT2D eigenvalue weighted by Gasteiger charge is -2.75. The van der Waals surface area contributed by atoms with Crippen molar-refractivity contribution in [3.63, 3.8) is 0 Å². The average Bonchev–Trinajstić information content (AvgIpc) is 3.11. The number of carboxylic acid groups (broad SMARTS) is 1. The maximum absolute atomic E-state index is 15.7. The zero-order valence-electron chi connectivity index (χ0n) is 38.4. The molecule has 3 heteroatoms. The molecule has 0 bridgehead atoms. The van der Waals surface area contributed by atoms with E-state index in [9.17, 15) is 5.11 Å². The molecule has 0 aromatic carbocycles. The van der Waals surface area contributed by atoms with Gasteiger partial charge in [-0.25, -0.2) is 0 Å². The fourth-order valence-corrected chi connectivity index (χ4v) is 8.02. The van der Waals surface area contributed by atoms with Gasteiger partial charge < -0.3 is 10.2 Å². The zero-order chi connectivity index (χ0) is 46.5. The van der Waals surface area contributed by atoms with Crippen molar-refractivity contribution in [2.24, 2.45) is 27.1 Å². The Bertz CT molecular complexity index is 1910. The van der Waals surface area contributed by atoms with Crippen LogP contribution in [0.15, 0.2) is 243 Å². The fraction of sp³-hybridized carbons (Fsp3) is 0.281. The highest BCUT2D eigenvalue weighted by molar-refractivity contribution is 5.86. The third-order valence-electron chi connectivity index (χ3n) is 10.5. The van der Waals surface area contributed by atoms with E-state index in [4.69, 9.17) is 0 Å². The number of hydrogen-bond acceptors (Lipinski definition) is 2. The SMILES string of the molecule is C=C(C)C=CC1(O)C(C=CC(=C)C)(C=CC(=C)C)C(C=CC(=C)C)(C=CC(=C)C)C(C=CC(=C)C)(C(=O)O)C(C=CC(=C)C)(C=CC(=C)C)C1(C=CC(=C)C)C=CC(=C)C. The molecule has 0 aromatic rings. The highest BCUT2D eigenvalue weighted by atomic mass is 16.4. The molecule has 0 spiro atoms. The van der Waals surface area contributed by atoms with Gasteiger partial charge in [-0.2, -0.15) is 0 Å². The van der Waals surface area contributed by atoms with Gasteiger partial charge in [-0.05, 0) is 69.2 Å². The molecule has 1 rings (SSSR count). The van der Waals surface area contributed by atoms with Crippen molar-refractivity contribution in [3.05, 3.63) is 243 Å². The van der Waals surface area contributed by atoms with Crippen molar-refractivity contribution in [2.75, 3.05) is 0 Å². The molecule has 1 saturated carbocycles. The number of carbonyl (C=O) groups is 1. The summed E-state index contributed by atoms with van der Waals surface area (Å²) in [5, 5.41) is 27.9. The van der Waals surface area contributed by atoms with E-state index in [1.165, 1.54) is 0 Å². The van der Waals surface area contributed by atoms with Gasteiger partial charge in [0.2, 0.25) is 0 Å². The molecule has 0 heterocycles. The molecule has 0 unspecified atom stereocenters. The first kappa shape index (κ1) is 52.2. The van der Waals surface area contributed by atoms with Crippen LogP contribution in [0.5, 0.6) is 0 Å². The van der Waals surface area contributed by atoms with Crippen LogP contribution in [-0.4, -0.2) is 21.8 Å². The van der Waals surface area contributed by atoms with Gasteiger partial charge in [0.15, 0.2) is 0 Å². The minimum atomic E-state index is -2.16. The number of aliphatic carboxylic acids is 1. The molecule has 0 saturated heterocycles. The van der Waals surface area contributed by atoms with Crippen LogP contribution >= 0.6 is 0 Å². The van der Waals surface area contributed by atoms with E-state index in [0.717, 1.165) is 0 Å². The maximum Gasteiger partial charge on any atom is 0.316 e. The van der Waals surface area contributed by atoms with Crippen molar-refractivity contribution in [2.45, 2.75) is 74.8 Å². The molecule has 1 aliphatic carbocycles. The molecule has 60 heavy (non-hydrogen) atoms. The number of rotatable bonds is 21. The van der Waals surface area contributed by atoms with E-state index in [1.807, 2.05) is 166 Å². The first-order chi connectivity index (χ1) is 27.6. The van der Waals surface area contributed by atoms with Crippen LogP contribution in [0, 0.1) is 27.1 Å². The minimum Gasteiger partial charge on any atom is -0.481 e. The highest BCUT2D eigenvalue weighted by Crippen LogP contribution is 2.81. The second-order valence-corrected chi connectivity index (χ2v) is 17.2. The van der Waals surface area contributed by atoms with Crippen molar-refractivity contribution in [1.29, 1.82) is 0 Å². The summed E-state index contributed by atoms with van der Waals surface area (Å²) >= 11 is 0. The smallest absolute Gasteiger partial charge is 0.316 e. The molecule has 0 atom stereocenters. The van der Waals surface area contributed by atoms with Gasteiger partial charge in [-0.1, -0.05) is 243 Å². The second-order valence-electron chi connectivity index (χ2n) is 17.2. The summed E-state index contributed by atoms with van der Waals surface area (Å²) in [6.45, 7) is 60.9. The molecule has 318 valence electrons. The average molecular weight is 805 g/mol. The van der Waals surface area contributed by atoms with Gasteiger partial charge in [-0.3, -0.25) is 4.79 Å². The third-order valence-corrected chi connectivity index (χ3v) is 10.5. The Morgan fingerprint density at radius 2 is 0.483 bits per heavy atom. The van der Waals surface area contributed by atoms with Crippen LogP contribution in [-0.2, 0) is 4.79 Å². The Balaban J connectivity index is 6.32. The molecule has 0 amide bonds. The lowest BCUT2D eigenvalue weighted by atomic mass is 9.26. The van der Waals surface area contributed by atoms with Crippen molar-refractivity contribution >= 4 is 5.97 Å². The molecular formula is C57H72O3. The number of hydrogen-bond donors (Lipinski definition) is 2. The number of carboxylic acids is 1. The van der Waals surface area contributed by atoms with Gasteiger partial charge in [0.1, 0.15) is 11.0 Å². The van der Waals surface area contributed by atoms with E-state index in [0.29, 0.717) is 55.7 Å². The van der Waals surface area contributed by atoms with Crippen LogP contribution in [0.25, 0.3) is 0 Å². The van der Waals surface area contributed by atoms with Gasteiger partial charge in [0.05, 0.1) is 10.8 Å². The Hall–Kier alpha value is -5.77. The Labute approximate surface area is 364 Å². The lowest BCUT2D eigenvalue weighted by molar-refractivity contribution is -0.226. The van der Waals surface area contributed by atoms with E-state index >= 15 is 9.90 Å². The van der Waals surface area contributed by atoms with Crippen molar-refractivity contribution < 1.29 is 15.0 Å². The summed E-state index contributed by atoms with van der Waals surface area (Å²) in [5.41, 5.74) is -5.02. The molecular weight excluding hydrogens is 733 g/mol. The minimum absolute atomic E-state index is 0.600. The van der Waals surface area contributed by atoms with Crippen LogP contribution in [0.3, 0.4) is 0 Å². The fourth-order valence-electron chi connectivity index (χ4n) is 8.02. The van der Waals surface area contributed by atoms with Crippen LogP contribution in [0.2, 0.25) is 0 Å². The second kappa shape index (κ2) is 21.0. The first-order valence-electron chi connectivity index (χ1n) is 20.0.